The Morgan fingerprint density at radius 3 is 2.18 bits per heavy atom. The molecule has 2 unspecified atom stereocenters. The molecule has 3 aliphatic rings. The maximum atomic E-state index is 6.50. The van der Waals surface area contributed by atoms with Gasteiger partial charge in [0.25, 0.3) is 0 Å². The summed E-state index contributed by atoms with van der Waals surface area (Å²) in [6.45, 7) is 0. The van der Waals surface area contributed by atoms with E-state index in [0.717, 1.165) is 52.0 Å². The highest BCUT2D eigenvalue weighted by atomic mass is 32.1. The van der Waals surface area contributed by atoms with Crippen molar-refractivity contribution in [1.29, 1.82) is 0 Å². The number of ether oxygens (including phenoxy) is 1. The maximum absolute atomic E-state index is 6.50. The van der Waals surface area contributed by atoms with Crippen molar-refractivity contribution in [2.24, 2.45) is 9.98 Å². The van der Waals surface area contributed by atoms with Crippen molar-refractivity contribution >= 4 is 70.6 Å². The lowest BCUT2D eigenvalue weighted by Crippen LogP contribution is -2.33. The van der Waals surface area contributed by atoms with Gasteiger partial charge in [-0.25, -0.2) is 9.98 Å². The van der Waals surface area contributed by atoms with Gasteiger partial charge >= 0.3 is 0 Å². The number of allylic oxidation sites excluding steroid dienone is 4. The molecule has 9 aromatic rings. The zero-order chi connectivity index (χ0) is 37.5. The lowest BCUT2D eigenvalue weighted by Gasteiger charge is -2.23. The monoisotopic (exact) mass is 750 g/mol. The van der Waals surface area contributed by atoms with Crippen LogP contribution in [0.5, 0.6) is 5.75 Å². The van der Waals surface area contributed by atoms with Gasteiger partial charge in [0, 0.05) is 59.2 Å². The Morgan fingerprint density at radius 1 is 0.632 bits per heavy atom. The fraction of sp³-hybridized carbons (Fsp3) is 0.0588. The Hall–Kier alpha value is -7.02. The standard InChI is InChI=1S/C51H34N4OS/c1-3-12-31(13-4-1)49-52-50(32-14-5-2-6-15-32)54-51(53-49)34-23-27-47-42(29-34)39-19-11-18-36(48(39)57-47)33-22-25-45-40(28-33)41-30-35(24-26-46(41)56-45)55-43-20-9-7-16-37(43)38-17-8-10-21-44(38)55/h1-27,29-30,40,49H,28H2,(H,52,53,54). The third-order valence-electron chi connectivity index (χ3n) is 11.7. The lowest BCUT2D eigenvalue weighted by atomic mass is 9.85. The number of aromatic nitrogens is 1. The van der Waals surface area contributed by atoms with Gasteiger partial charge in [0.05, 0.1) is 11.0 Å². The third kappa shape index (κ3) is 5.21. The van der Waals surface area contributed by atoms with E-state index < -0.39 is 0 Å². The first-order chi connectivity index (χ1) is 28.2. The zero-order valence-corrected chi connectivity index (χ0v) is 31.6. The molecule has 6 heteroatoms. The number of hydrogen-bond donors (Lipinski definition) is 1. The van der Waals surface area contributed by atoms with Crippen LogP contribution >= 0.6 is 11.3 Å². The number of para-hydroxylation sites is 2. The minimum absolute atomic E-state index is 0.151. The molecule has 0 bridgehead atoms. The summed E-state index contributed by atoms with van der Waals surface area (Å²) in [5.41, 5.74) is 10.6. The summed E-state index contributed by atoms with van der Waals surface area (Å²) in [5.74, 6) is 3.68. The molecule has 2 aromatic heterocycles. The number of fused-ring (bicyclic) bond motifs is 9. The molecule has 0 fully saturated rings. The molecule has 0 amide bonds. The average Bonchev–Trinajstić information content (AvgIpc) is 3.95. The van der Waals surface area contributed by atoms with Crippen LogP contribution in [0.3, 0.4) is 0 Å². The quantitative estimate of drug-likeness (QED) is 0.190. The van der Waals surface area contributed by atoms with Crippen LogP contribution in [-0.2, 0) is 0 Å². The van der Waals surface area contributed by atoms with Gasteiger partial charge in [0.2, 0.25) is 0 Å². The van der Waals surface area contributed by atoms with Crippen LogP contribution in [-0.4, -0.2) is 16.2 Å². The molecular weight excluding hydrogens is 717 g/mol. The number of thiophene rings is 1. The van der Waals surface area contributed by atoms with E-state index in [2.05, 4.69) is 162 Å². The van der Waals surface area contributed by atoms with Crippen LogP contribution in [0.4, 0.5) is 0 Å². The molecule has 270 valence electrons. The molecule has 0 spiro atoms. The Bertz CT molecular complexity index is 3170. The van der Waals surface area contributed by atoms with Crippen molar-refractivity contribution < 1.29 is 4.74 Å². The minimum atomic E-state index is -0.241. The van der Waals surface area contributed by atoms with Gasteiger partial charge in [-0.05, 0) is 77.7 Å². The minimum Gasteiger partial charge on any atom is -0.461 e. The molecule has 7 aromatic carbocycles. The highest BCUT2D eigenvalue weighted by Crippen LogP contribution is 2.50. The van der Waals surface area contributed by atoms with Gasteiger partial charge in [-0.2, -0.15) is 0 Å². The number of benzene rings is 7. The molecule has 2 atom stereocenters. The second kappa shape index (κ2) is 12.8. The number of nitrogens with one attached hydrogen (secondary N) is 1. The van der Waals surface area contributed by atoms with Gasteiger partial charge in [-0.15, -0.1) is 11.3 Å². The normalized spacial score (nSPS) is 17.4. The van der Waals surface area contributed by atoms with Crippen LogP contribution in [0.15, 0.2) is 192 Å². The van der Waals surface area contributed by atoms with Crippen molar-refractivity contribution in [2.45, 2.75) is 18.5 Å². The first-order valence-electron chi connectivity index (χ1n) is 19.4. The molecule has 0 radical (unpaired) electrons. The van der Waals surface area contributed by atoms with E-state index in [0.29, 0.717) is 0 Å². The molecule has 0 saturated heterocycles. The van der Waals surface area contributed by atoms with E-state index in [1.807, 2.05) is 35.6 Å². The number of rotatable bonds is 5. The van der Waals surface area contributed by atoms with Gasteiger partial charge in [-0.3, -0.25) is 0 Å². The Labute approximate surface area is 333 Å². The Morgan fingerprint density at radius 2 is 1.37 bits per heavy atom. The van der Waals surface area contributed by atoms with E-state index in [1.54, 1.807) is 0 Å². The molecule has 57 heavy (non-hydrogen) atoms. The highest BCUT2D eigenvalue weighted by molar-refractivity contribution is 7.26. The SMILES string of the molecule is C1=C(c2cccc3c2sc2ccc(C4=NC(c5ccccc5)=NC(c5ccccc5)N4)cc23)CC2C(=C1)Oc1ccc(-n3c4ccccc4c4ccccc43)cc12. The molecule has 4 heterocycles. The highest BCUT2D eigenvalue weighted by Gasteiger charge is 2.33. The predicted molar refractivity (Wildman–Crippen MR) is 236 cm³/mol. The topological polar surface area (TPSA) is 50.9 Å². The third-order valence-corrected chi connectivity index (χ3v) is 12.9. The summed E-state index contributed by atoms with van der Waals surface area (Å²) in [6, 6.07) is 58.2. The molecule has 5 nitrogen and oxygen atoms in total. The van der Waals surface area contributed by atoms with Gasteiger partial charge in [0.15, 0.2) is 5.84 Å². The van der Waals surface area contributed by atoms with Crippen molar-refractivity contribution in [3.63, 3.8) is 0 Å². The molecule has 1 N–H and O–H groups in total. The zero-order valence-electron chi connectivity index (χ0n) is 30.8. The van der Waals surface area contributed by atoms with E-state index in [-0.39, 0.29) is 12.1 Å². The van der Waals surface area contributed by atoms with Gasteiger partial charge in [0.1, 0.15) is 23.5 Å². The number of hydrogen-bond acceptors (Lipinski definition) is 5. The van der Waals surface area contributed by atoms with Gasteiger partial charge in [-0.1, -0.05) is 121 Å². The summed E-state index contributed by atoms with van der Waals surface area (Å²) in [6.07, 6.45) is 5.09. The smallest absolute Gasteiger partial charge is 0.159 e. The predicted octanol–water partition coefficient (Wildman–Crippen LogP) is 12.5. The largest absolute Gasteiger partial charge is 0.461 e. The van der Waals surface area contributed by atoms with Crippen molar-refractivity contribution in [2.75, 3.05) is 0 Å². The summed E-state index contributed by atoms with van der Waals surface area (Å²) < 4.78 is 11.5. The summed E-state index contributed by atoms with van der Waals surface area (Å²) >= 11 is 1.87. The average molecular weight is 751 g/mol. The van der Waals surface area contributed by atoms with E-state index in [9.17, 15) is 0 Å². The number of aliphatic imine (C=N–C) groups is 2. The Balaban J connectivity index is 0.903. The van der Waals surface area contributed by atoms with Crippen LogP contribution in [0, 0.1) is 0 Å². The second-order valence-electron chi connectivity index (χ2n) is 14.9. The fourth-order valence-electron chi connectivity index (χ4n) is 8.94. The molecule has 1 aliphatic carbocycles. The van der Waals surface area contributed by atoms with E-state index in [4.69, 9.17) is 14.7 Å². The Kier molecular flexibility index (Phi) is 7.22. The molecule has 0 saturated carbocycles. The summed E-state index contributed by atoms with van der Waals surface area (Å²) in [5, 5.41) is 8.67. The molecule has 2 aliphatic heterocycles. The lowest BCUT2D eigenvalue weighted by molar-refractivity contribution is 0.426. The maximum Gasteiger partial charge on any atom is 0.159 e. The van der Waals surface area contributed by atoms with Crippen LogP contribution < -0.4 is 10.1 Å². The van der Waals surface area contributed by atoms with Crippen LogP contribution in [0.1, 0.15) is 46.3 Å². The molecule has 12 rings (SSSR count). The molecular formula is C51H34N4OS. The number of nitrogens with zero attached hydrogens (tertiary/aromatic N) is 3. The first kappa shape index (κ1) is 32.2. The fourth-order valence-corrected chi connectivity index (χ4v) is 10.2. The number of amidine groups is 2. The van der Waals surface area contributed by atoms with Crippen molar-refractivity contribution in [3.05, 3.63) is 210 Å². The van der Waals surface area contributed by atoms with Crippen molar-refractivity contribution in [3.8, 4) is 11.4 Å². The van der Waals surface area contributed by atoms with Gasteiger partial charge < -0.3 is 14.6 Å². The van der Waals surface area contributed by atoms with Crippen LogP contribution in [0.25, 0.3) is 53.2 Å². The van der Waals surface area contributed by atoms with Crippen LogP contribution in [0.2, 0.25) is 0 Å². The first-order valence-corrected chi connectivity index (χ1v) is 20.3. The summed E-state index contributed by atoms with van der Waals surface area (Å²) in [4.78, 5) is 10.1. The van der Waals surface area contributed by atoms with E-state index >= 15 is 0 Å². The summed E-state index contributed by atoms with van der Waals surface area (Å²) in [7, 11) is 0. The second-order valence-corrected chi connectivity index (χ2v) is 16.0. The van der Waals surface area contributed by atoms with Crippen molar-refractivity contribution in [1.82, 2.24) is 9.88 Å². The van der Waals surface area contributed by atoms with E-state index in [1.165, 1.54) is 58.7 Å².